The summed E-state index contributed by atoms with van der Waals surface area (Å²) in [5.74, 6) is 1.12. The SMILES string of the molecule is CCCCSCCC=C(C)C(=O)[O-]. The number of hydrogen-bond donors (Lipinski definition) is 0. The Balaban J connectivity index is 3.34. The molecular weight excluding hydrogens is 184 g/mol. The van der Waals surface area contributed by atoms with Crippen molar-refractivity contribution in [2.75, 3.05) is 11.5 Å². The van der Waals surface area contributed by atoms with Gasteiger partial charge in [0.2, 0.25) is 0 Å². The number of carbonyl (C=O) groups is 1. The van der Waals surface area contributed by atoms with Gasteiger partial charge >= 0.3 is 0 Å². The van der Waals surface area contributed by atoms with Gasteiger partial charge in [0.15, 0.2) is 0 Å². The summed E-state index contributed by atoms with van der Waals surface area (Å²) < 4.78 is 0. The van der Waals surface area contributed by atoms with Crippen molar-refractivity contribution in [1.29, 1.82) is 0 Å². The third-order valence-electron chi connectivity index (χ3n) is 1.68. The van der Waals surface area contributed by atoms with Crippen LogP contribution in [0.5, 0.6) is 0 Å². The number of allylic oxidation sites excluding steroid dienone is 1. The van der Waals surface area contributed by atoms with Crippen LogP contribution in [0.4, 0.5) is 0 Å². The second kappa shape index (κ2) is 8.17. The van der Waals surface area contributed by atoms with Gasteiger partial charge in [0.25, 0.3) is 0 Å². The Morgan fingerprint density at radius 1 is 1.46 bits per heavy atom. The summed E-state index contributed by atoms with van der Waals surface area (Å²) in [7, 11) is 0. The average molecular weight is 201 g/mol. The smallest absolute Gasteiger partial charge is 0.0668 e. The Hall–Kier alpha value is -0.440. The minimum atomic E-state index is -1.06. The highest BCUT2D eigenvalue weighted by Crippen LogP contribution is 2.07. The molecule has 76 valence electrons. The molecule has 0 saturated heterocycles. The minimum absolute atomic E-state index is 0.344. The van der Waals surface area contributed by atoms with Crippen LogP contribution < -0.4 is 5.11 Å². The van der Waals surface area contributed by atoms with Crippen molar-refractivity contribution in [3.05, 3.63) is 11.6 Å². The van der Waals surface area contributed by atoms with Crippen LogP contribution in [0.3, 0.4) is 0 Å². The zero-order valence-electron chi connectivity index (χ0n) is 8.34. The highest BCUT2D eigenvalue weighted by atomic mass is 32.2. The molecule has 0 aromatic heterocycles. The number of thioether (sulfide) groups is 1. The molecule has 0 radical (unpaired) electrons. The van der Waals surface area contributed by atoms with Crippen molar-refractivity contribution in [1.82, 2.24) is 0 Å². The predicted molar refractivity (Wildman–Crippen MR) is 55.6 cm³/mol. The van der Waals surface area contributed by atoms with Crippen LogP contribution >= 0.6 is 11.8 Å². The van der Waals surface area contributed by atoms with E-state index in [2.05, 4.69) is 6.92 Å². The molecule has 0 aliphatic rings. The molecule has 0 fully saturated rings. The fourth-order valence-electron chi connectivity index (χ4n) is 0.791. The number of unbranched alkanes of at least 4 members (excludes halogenated alkanes) is 1. The molecule has 0 aliphatic heterocycles. The molecule has 0 spiro atoms. The fourth-order valence-corrected chi connectivity index (χ4v) is 1.77. The van der Waals surface area contributed by atoms with Crippen molar-refractivity contribution >= 4 is 17.7 Å². The van der Waals surface area contributed by atoms with E-state index in [-0.39, 0.29) is 0 Å². The monoisotopic (exact) mass is 201 g/mol. The summed E-state index contributed by atoms with van der Waals surface area (Å²) in [4.78, 5) is 10.3. The molecule has 0 atom stereocenters. The standard InChI is InChI=1S/C10H18O2S/c1-3-4-7-13-8-5-6-9(2)10(11)12/h6H,3-5,7-8H2,1-2H3,(H,11,12)/p-1. The van der Waals surface area contributed by atoms with E-state index in [4.69, 9.17) is 0 Å². The first-order valence-electron chi connectivity index (χ1n) is 4.64. The molecule has 0 rings (SSSR count). The maximum Gasteiger partial charge on any atom is 0.0668 e. The molecule has 2 nitrogen and oxygen atoms in total. The van der Waals surface area contributed by atoms with E-state index in [0.717, 1.165) is 12.2 Å². The van der Waals surface area contributed by atoms with Gasteiger partial charge in [-0.05, 0) is 36.8 Å². The number of hydrogen-bond acceptors (Lipinski definition) is 3. The molecule has 0 saturated carbocycles. The van der Waals surface area contributed by atoms with Gasteiger partial charge in [-0.2, -0.15) is 11.8 Å². The number of carboxylic acid groups (broad SMARTS) is 1. The normalized spacial score (nSPS) is 11.7. The number of aliphatic carboxylic acids is 1. The summed E-state index contributed by atoms with van der Waals surface area (Å²) in [6, 6.07) is 0. The van der Waals surface area contributed by atoms with Gasteiger partial charge in [0.1, 0.15) is 0 Å². The first kappa shape index (κ1) is 12.6. The maximum atomic E-state index is 10.3. The van der Waals surface area contributed by atoms with E-state index < -0.39 is 5.97 Å². The molecule has 3 heteroatoms. The predicted octanol–water partition coefficient (Wildman–Crippen LogP) is 1.61. The quantitative estimate of drug-likeness (QED) is 0.464. The molecule has 0 heterocycles. The number of rotatable bonds is 7. The van der Waals surface area contributed by atoms with Crippen LogP contribution in [0.1, 0.15) is 33.1 Å². The zero-order chi connectivity index (χ0) is 10.1. The molecule has 0 aliphatic carbocycles. The van der Waals surface area contributed by atoms with E-state index >= 15 is 0 Å². The van der Waals surface area contributed by atoms with Crippen molar-refractivity contribution in [3.8, 4) is 0 Å². The molecule has 0 amide bonds. The Labute approximate surface area is 84.4 Å². The molecular formula is C10H17O2S-. The third kappa shape index (κ3) is 7.91. The lowest BCUT2D eigenvalue weighted by Crippen LogP contribution is -2.22. The van der Waals surface area contributed by atoms with E-state index in [0.29, 0.717) is 5.57 Å². The van der Waals surface area contributed by atoms with Crippen molar-refractivity contribution in [2.24, 2.45) is 0 Å². The maximum absolute atomic E-state index is 10.3. The second-order valence-electron chi connectivity index (χ2n) is 2.93. The zero-order valence-corrected chi connectivity index (χ0v) is 9.15. The lowest BCUT2D eigenvalue weighted by Gasteiger charge is -2.01. The van der Waals surface area contributed by atoms with Crippen LogP contribution in [-0.4, -0.2) is 17.5 Å². The average Bonchev–Trinajstić information content (AvgIpc) is 2.10. The van der Waals surface area contributed by atoms with E-state index in [1.165, 1.54) is 18.6 Å². The number of carbonyl (C=O) groups excluding carboxylic acids is 1. The van der Waals surface area contributed by atoms with Gasteiger partial charge in [0.05, 0.1) is 5.97 Å². The van der Waals surface area contributed by atoms with E-state index in [9.17, 15) is 9.90 Å². The summed E-state index contributed by atoms with van der Waals surface area (Å²) in [5, 5.41) is 10.3. The summed E-state index contributed by atoms with van der Waals surface area (Å²) >= 11 is 1.87. The molecule has 0 aromatic rings. The first-order valence-corrected chi connectivity index (χ1v) is 5.79. The minimum Gasteiger partial charge on any atom is -0.545 e. The second-order valence-corrected chi connectivity index (χ2v) is 4.15. The van der Waals surface area contributed by atoms with Gasteiger partial charge < -0.3 is 9.90 Å². The largest absolute Gasteiger partial charge is 0.545 e. The van der Waals surface area contributed by atoms with Crippen LogP contribution in [0, 0.1) is 0 Å². The topological polar surface area (TPSA) is 40.1 Å². The molecule has 13 heavy (non-hydrogen) atoms. The van der Waals surface area contributed by atoms with Gasteiger partial charge in [-0.15, -0.1) is 0 Å². The summed E-state index contributed by atoms with van der Waals surface area (Å²) in [6.07, 6.45) is 5.03. The Morgan fingerprint density at radius 3 is 2.69 bits per heavy atom. The highest BCUT2D eigenvalue weighted by Gasteiger charge is 1.90. The van der Waals surface area contributed by atoms with Gasteiger partial charge in [0, 0.05) is 0 Å². The third-order valence-corrected chi connectivity index (χ3v) is 2.78. The van der Waals surface area contributed by atoms with E-state index in [1.807, 2.05) is 11.8 Å². The van der Waals surface area contributed by atoms with Crippen molar-refractivity contribution < 1.29 is 9.90 Å². The molecule has 0 aromatic carbocycles. The van der Waals surface area contributed by atoms with Gasteiger partial charge in [-0.25, -0.2) is 0 Å². The lowest BCUT2D eigenvalue weighted by molar-refractivity contribution is -0.299. The van der Waals surface area contributed by atoms with Gasteiger partial charge in [-0.1, -0.05) is 19.4 Å². The Bertz CT molecular complexity index is 176. The van der Waals surface area contributed by atoms with Crippen molar-refractivity contribution in [3.63, 3.8) is 0 Å². The Kier molecular flexibility index (Phi) is 7.90. The van der Waals surface area contributed by atoms with Crippen LogP contribution in [0.15, 0.2) is 11.6 Å². The molecule has 0 unspecified atom stereocenters. The van der Waals surface area contributed by atoms with Crippen LogP contribution in [0.25, 0.3) is 0 Å². The number of carboxylic acids is 1. The summed E-state index contributed by atoms with van der Waals surface area (Å²) in [5.41, 5.74) is 0.344. The molecule has 0 N–H and O–H groups in total. The van der Waals surface area contributed by atoms with Crippen LogP contribution in [0.2, 0.25) is 0 Å². The fraction of sp³-hybridized carbons (Fsp3) is 0.700. The Morgan fingerprint density at radius 2 is 2.15 bits per heavy atom. The first-order chi connectivity index (χ1) is 6.18. The van der Waals surface area contributed by atoms with Crippen LogP contribution in [-0.2, 0) is 4.79 Å². The highest BCUT2D eigenvalue weighted by molar-refractivity contribution is 7.99. The van der Waals surface area contributed by atoms with Gasteiger partial charge in [-0.3, -0.25) is 0 Å². The lowest BCUT2D eigenvalue weighted by atomic mass is 10.2. The van der Waals surface area contributed by atoms with Crippen molar-refractivity contribution in [2.45, 2.75) is 33.1 Å². The van der Waals surface area contributed by atoms with E-state index in [1.54, 1.807) is 13.0 Å². The molecule has 0 bridgehead atoms. The summed E-state index contributed by atoms with van der Waals surface area (Å²) in [6.45, 7) is 3.74.